The third-order valence-electron chi connectivity index (χ3n) is 2.29. The summed E-state index contributed by atoms with van der Waals surface area (Å²) in [5.41, 5.74) is 1.54. The highest BCUT2D eigenvalue weighted by molar-refractivity contribution is 6.37. The van der Waals surface area contributed by atoms with Gasteiger partial charge in [-0.3, -0.25) is 0 Å². The largest absolute Gasteiger partial charge is 0.456 e. The summed E-state index contributed by atoms with van der Waals surface area (Å²) in [4.78, 5) is 0. The van der Waals surface area contributed by atoms with Gasteiger partial charge < -0.3 is 4.42 Å². The minimum absolute atomic E-state index is 0.463. The Hall–Kier alpha value is -1.47. The highest BCUT2D eigenvalue weighted by Gasteiger charge is 2.07. The van der Waals surface area contributed by atoms with Gasteiger partial charge in [0.25, 0.3) is 0 Å². The van der Waals surface area contributed by atoms with Crippen LogP contribution in [0.5, 0.6) is 0 Å². The van der Waals surface area contributed by atoms with Crippen LogP contribution in [0.1, 0.15) is 1.37 Å². The zero-order valence-corrected chi connectivity index (χ0v) is 8.01. The fourth-order valence-electron chi connectivity index (χ4n) is 1.67. The first-order valence-electron chi connectivity index (χ1n) is 4.83. The van der Waals surface area contributed by atoms with Gasteiger partial charge in [-0.15, -0.1) is 0 Å². The minimum Gasteiger partial charge on any atom is -0.456 e. The lowest BCUT2D eigenvalue weighted by Crippen LogP contribution is -1.67. The molecule has 0 unspecified atom stereocenters. The van der Waals surface area contributed by atoms with Crippen molar-refractivity contribution in [2.45, 2.75) is 0 Å². The van der Waals surface area contributed by atoms with E-state index in [1.54, 1.807) is 18.2 Å². The summed E-state index contributed by atoms with van der Waals surface area (Å²) >= 11 is 6.11. The van der Waals surface area contributed by atoms with Crippen LogP contribution < -0.4 is 0 Å². The lowest BCUT2D eigenvalue weighted by Gasteiger charge is -1.91. The Kier molecular flexibility index (Phi) is 1.36. The molecule has 0 bridgehead atoms. The fraction of sp³-hybridized carbons (Fsp3) is 0. The van der Waals surface area contributed by atoms with Crippen LogP contribution in [0.25, 0.3) is 21.9 Å². The van der Waals surface area contributed by atoms with E-state index in [2.05, 4.69) is 0 Å². The molecule has 1 nitrogen and oxygen atoms in total. The molecule has 0 radical (unpaired) electrons. The van der Waals surface area contributed by atoms with Gasteiger partial charge in [0.2, 0.25) is 0 Å². The number of hydrogen-bond donors (Lipinski definition) is 0. The molecule has 3 rings (SSSR count). The third kappa shape index (κ3) is 0.962. The number of hydrogen-bond acceptors (Lipinski definition) is 1. The normalized spacial score (nSPS) is 12.2. The molecule has 1 aromatic heterocycles. The molecule has 0 spiro atoms. The molecule has 0 saturated heterocycles. The average Bonchev–Trinajstić information content (AvgIpc) is 2.57. The van der Waals surface area contributed by atoms with Gasteiger partial charge in [-0.25, -0.2) is 0 Å². The summed E-state index contributed by atoms with van der Waals surface area (Å²) in [5, 5.41) is 2.46. The molecule has 0 aliphatic heterocycles. The Morgan fingerprint density at radius 2 is 1.93 bits per heavy atom. The zero-order valence-electron chi connectivity index (χ0n) is 8.25. The molecule has 0 aliphatic carbocycles. The molecule has 0 aliphatic rings. The molecule has 2 heteroatoms. The standard InChI is InChI=1S/C12H7ClO/c13-9-5-3-7-11-12(9)8-4-1-2-6-10(8)14-11/h1-7H/i1D. The van der Waals surface area contributed by atoms with Crippen LogP contribution in [0, 0.1) is 0 Å². The fourth-order valence-corrected chi connectivity index (χ4v) is 1.94. The molecule has 0 amide bonds. The lowest BCUT2D eigenvalue weighted by molar-refractivity contribution is 0.669. The first kappa shape index (κ1) is 6.91. The first-order chi connectivity index (χ1) is 7.25. The van der Waals surface area contributed by atoms with Gasteiger partial charge in [-0.05, 0) is 18.2 Å². The molecule has 0 atom stereocenters. The number of fused-ring (bicyclic) bond motifs is 3. The Labute approximate surface area is 87.3 Å². The van der Waals surface area contributed by atoms with Crippen molar-refractivity contribution < 1.29 is 5.79 Å². The van der Waals surface area contributed by atoms with Crippen molar-refractivity contribution in [3.63, 3.8) is 0 Å². The van der Waals surface area contributed by atoms with Crippen LogP contribution in [0.15, 0.2) is 46.9 Å². The number of para-hydroxylation sites is 1. The Morgan fingerprint density at radius 1 is 1.07 bits per heavy atom. The van der Waals surface area contributed by atoms with Crippen molar-refractivity contribution >= 4 is 33.5 Å². The quantitative estimate of drug-likeness (QED) is 0.533. The van der Waals surface area contributed by atoms with E-state index >= 15 is 0 Å². The molecule has 0 saturated carbocycles. The van der Waals surface area contributed by atoms with E-state index in [0.717, 1.165) is 21.9 Å². The summed E-state index contributed by atoms with van der Waals surface area (Å²) in [6, 6.07) is 11.3. The van der Waals surface area contributed by atoms with Crippen LogP contribution in [0.2, 0.25) is 5.02 Å². The zero-order chi connectivity index (χ0) is 10.4. The van der Waals surface area contributed by atoms with E-state index in [-0.39, 0.29) is 0 Å². The monoisotopic (exact) mass is 203 g/mol. The van der Waals surface area contributed by atoms with E-state index in [1.807, 2.05) is 18.2 Å². The third-order valence-corrected chi connectivity index (χ3v) is 2.60. The van der Waals surface area contributed by atoms with Crippen molar-refractivity contribution in [1.29, 1.82) is 0 Å². The smallest absolute Gasteiger partial charge is 0.136 e. The Bertz CT molecular complexity index is 657. The van der Waals surface area contributed by atoms with Gasteiger partial charge in [0.05, 0.1) is 6.39 Å². The first-order valence-corrected chi connectivity index (χ1v) is 4.71. The number of furan rings is 1. The molecule has 1 heterocycles. The Morgan fingerprint density at radius 3 is 2.86 bits per heavy atom. The van der Waals surface area contributed by atoms with Crippen molar-refractivity contribution in [3.05, 3.63) is 47.5 Å². The van der Waals surface area contributed by atoms with E-state index in [1.165, 1.54) is 0 Å². The van der Waals surface area contributed by atoms with E-state index < -0.39 is 0 Å². The molecular formula is C12H7ClO. The van der Waals surface area contributed by atoms with Gasteiger partial charge in [0, 0.05) is 10.8 Å². The number of halogens is 1. The summed E-state index contributed by atoms with van der Waals surface area (Å²) in [5.74, 6) is 0. The minimum atomic E-state index is 0.463. The molecule has 0 N–H and O–H groups in total. The van der Waals surface area contributed by atoms with Crippen LogP contribution >= 0.6 is 11.6 Å². The molecule has 2 aromatic carbocycles. The molecule has 68 valence electrons. The van der Waals surface area contributed by atoms with Crippen molar-refractivity contribution in [3.8, 4) is 0 Å². The van der Waals surface area contributed by atoms with Crippen molar-refractivity contribution in [2.24, 2.45) is 0 Å². The second-order valence-corrected chi connectivity index (χ2v) is 3.54. The number of benzene rings is 2. The van der Waals surface area contributed by atoms with Crippen molar-refractivity contribution in [1.82, 2.24) is 0 Å². The maximum atomic E-state index is 7.58. The highest BCUT2D eigenvalue weighted by Crippen LogP contribution is 2.33. The maximum absolute atomic E-state index is 7.58. The molecule has 3 aromatic rings. The molecule has 0 fully saturated rings. The summed E-state index contributed by atoms with van der Waals surface area (Å²) in [6.45, 7) is 0. The van der Waals surface area contributed by atoms with E-state index in [9.17, 15) is 0 Å². The summed E-state index contributed by atoms with van der Waals surface area (Å²) in [6.07, 6.45) is 0. The lowest BCUT2D eigenvalue weighted by atomic mass is 10.1. The highest BCUT2D eigenvalue weighted by atomic mass is 35.5. The van der Waals surface area contributed by atoms with E-state index in [0.29, 0.717) is 11.1 Å². The van der Waals surface area contributed by atoms with Crippen LogP contribution in [0.3, 0.4) is 0 Å². The topological polar surface area (TPSA) is 13.1 Å². The van der Waals surface area contributed by atoms with Gasteiger partial charge >= 0.3 is 0 Å². The van der Waals surface area contributed by atoms with Crippen LogP contribution in [-0.4, -0.2) is 0 Å². The SMILES string of the molecule is [2H]c1ccc2oc3cccc(Cl)c3c2c1. The van der Waals surface area contributed by atoms with E-state index in [4.69, 9.17) is 17.4 Å². The van der Waals surface area contributed by atoms with Crippen LogP contribution in [0.4, 0.5) is 0 Å². The molecule has 14 heavy (non-hydrogen) atoms. The predicted molar refractivity (Wildman–Crippen MR) is 58.7 cm³/mol. The Balaban J connectivity index is 2.61. The maximum Gasteiger partial charge on any atom is 0.136 e. The predicted octanol–water partition coefficient (Wildman–Crippen LogP) is 4.24. The number of rotatable bonds is 0. The van der Waals surface area contributed by atoms with Crippen molar-refractivity contribution in [2.75, 3.05) is 0 Å². The second-order valence-electron chi connectivity index (χ2n) is 3.14. The summed E-state index contributed by atoms with van der Waals surface area (Å²) < 4.78 is 13.2. The van der Waals surface area contributed by atoms with Crippen LogP contribution in [-0.2, 0) is 0 Å². The molecular weight excluding hydrogens is 196 g/mol. The second kappa shape index (κ2) is 2.76. The average molecular weight is 204 g/mol. The van der Waals surface area contributed by atoms with Gasteiger partial charge in [-0.2, -0.15) is 0 Å². The van der Waals surface area contributed by atoms with Gasteiger partial charge in [-0.1, -0.05) is 35.8 Å². The van der Waals surface area contributed by atoms with Gasteiger partial charge in [0.15, 0.2) is 0 Å². The summed E-state index contributed by atoms with van der Waals surface area (Å²) in [7, 11) is 0. The van der Waals surface area contributed by atoms with Gasteiger partial charge in [0.1, 0.15) is 11.2 Å².